The highest BCUT2D eigenvalue weighted by molar-refractivity contribution is 5.97. The van der Waals surface area contributed by atoms with Crippen LogP contribution in [0.4, 0.5) is 5.69 Å². The van der Waals surface area contributed by atoms with E-state index < -0.39 is 6.04 Å². The van der Waals surface area contributed by atoms with E-state index >= 15 is 0 Å². The normalized spacial score (nSPS) is 17.1. The number of carbonyl (C=O) groups excluding carboxylic acids is 2. The number of benzene rings is 1. The van der Waals surface area contributed by atoms with Crippen LogP contribution in [0.15, 0.2) is 34.9 Å². The van der Waals surface area contributed by atoms with Gasteiger partial charge in [0.2, 0.25) is 11.8 Å². The van der Waals surface area contributed by atoms with Gasteiger partial charge < -0.3 is 14.7 Å². The van der Waals surface area contributed by atoms with Crippen molar-refractivity contribution < 1.29 is 14.1 Å². The van der Waals surface area contributed by atoms with Crippen molar-refractivity contribution in [3.63, 3.8) is 0 Å². The van der Waals surface area contributed by atoms with Crippen molar-refractivity contribution in [2.75, 3.05) is 11.9 Å². The second-order valence-electron chi connectivity index (χ2n) is 6.08. The maximum Gasteiger partial charge on any atom is 0.247 e. The number of para-hydroxylation sites is 1. The van der Waals surface area contributed by atoms with Crippen molar-refractivity contribution in [2.45, 2.75) is 39.2 Å². The smallest absolute Gasteiger partial charge is 0.247 e. The average Bonchev–Trinajstić information content (AvgIpc) is 3.18. The van der Waals surface area contributed by atoms with E-state index in [9.17, 15) is 9.59 Å². The molecule has 0 unspecified atom stereocenters. The minimum Gasteiger partial charge on any atom is -0.361 e. The van der Waals surface area contributed by atoms with Crippen LogP contribution in [0, 0.1) is 13.8 Å². The number of amides is 2. The Labute approximate surface area is 140 Å². The molecule has 2 amide bonds. The number of hydrogen-bond donors (Lipinski definition) is 1. The Morgan fingerprint density at radius 1 is 1.29 bits per heavy atom. The SMILES string of the molecule is Cc1noc(C)c1CC(=O)N1CCC[C@@H]1C(=O)Nc1ccccc1. The summed E-state index contributed by atoms with van der Waals surface area (Å²) >= 11 is 0. The first kappa shape index (κ1) is 16.2. The van der Waals surface area contributed by atoms with Gasteiger partial charge in [-0.05, 0) is 38.8 Å². The lowest BCUT2D eigenvalue weighted by Gasteiger charge is -2.24. The van der Waals surface area contributed by atoms with Gasteiger partial charge in [-0.2, -0.15) is 0 Å². The quantitative estimate of drug-likeness (QED) is 0.936. The van der Waals surface area contributed by atoms with Crippen LogP contribution in [0.1, 0.15) is 29.9 Å². The Hall–Kier alpha value is -2.63. The first-order valence-corrected chi connectivity index (χ1v) is 8.13. The molecule has 0 saturated carbocycles. The summed E-state index contributed by atoms with van der Waals surface area (Å²) in [5, 5.41) is 6.77. The van der Waals surface area contributed by atoms with E-state index in [2.05, 4.69) is 10.5 Å². The molecule has 3 rings (SSSR count). The molecule has 1 saturated heterocycles. The lowest BCUT2D eigenvalue weighted by molar-refractivity contribution is -0.136. The standard InChI is InChI=1S/C18H21N3O3/c1-12-15(13(2)24-20-12)11-17(22)21-10-6-9-16(21)18(23)19-14-7-4-3-5-8-14/h3-5,7-8,16H,6,9-11H2,1-2H3,(H,19,23)/t16-/m1/s1. The average molecular weight is 327 g/mol. The minimum atomic E-state index is -0.418. The fourth-order valence-corrected chi connectivity index (χ4v) is 3.09. The number of hydrogen-bond acceptors (Lipinski definition) is 4. The maximum atomic E-state index is 12.7. The van der Waals surface area contributed by atoms with Crippen LogP contribution < -0.4 is 5.32 Å². The molecule has 24 heavy (non-hydrogen) atoms. The number of nitrogens with zero attached hydrogens (tertiary/aromatic N) is 2. The number of aryl methyl sites for hydroxylation is 2. The molecular weight excluding hydrogens is 306 g/mol. The van der Waals surface area contributed by atoms with Gasteiger partial charge in [0.1, 0.15) is 11.8 Å². The molecule has 2 heterocycles. The number of aromatic nitrogens is 1. The highest BCUT2D eigenvalue weighted by Crippen LogP contribution is 2.22. The third-order valence-electron chi connectivity index (χ3n) is 4.43. The highest BCUT2D eigenvalue weighted by Gasteiger charge is 2.34. The molecule has 1 aliphatic rings. The molecule has 1 aromatic heterocycles. The van der Waals surface area contributed by atoms with Crippen molar-refractivity contribution in [2.24, 2.45) is 0 Å². The van der Waals surface area contributed by atoms with E-state index in [1.54, 1.807) is 11.8 Å². The van der Waals surface area contributed by atoms with Gasteiger partial charge in [-0.25, -0.2) is 0 Å². The van der Waals surface area contributed by atoms with Crippen LogP contribution in [0.5, 0.6) is 0 Å². The second-order valence-corrected chi connectivity index (χ2v) is 6.08. The van der Waals surface area contributed by atoms with Gasteiger partial charge in [0, 0.05) is 17.8 Å². The summed E-state index contributed by atoms with van der Waals surface area (Å²) in [6.07, 6.45) is 1.74. The van der Waals surface area contributed by atoms with Crippen LogP contribution in [0.3, 0.4) is 0 Å². The molecule has 1 N–H and O–H groups in total. The summed E-state index contributed by atoms with van der Waals surface area (Å²) in [5.41, 5.74) is 2.28. The number of nitrogens with one attached hydrogen (secondary N) is 1. The lowest BCUT2D eigenvalue weighted by atomic mass is 10.1. The summed E-state index contributed by atoms with van der Waals surface area (Å²) < 4.78 is 5.11. The monoisotopic (exact) mass is 327 g/mol. The fourth-order valence-electron chi connectivity index (χ4n) is 3.09. The van der Waals surface area contributed by atoms with E-state index in [4.69, 9.17) is 4.52 Å². The van der Waals surface area contributed by atoms with Crippen molar-refractivity contribution in [3.8, 4) is 0 Å². The summed E-state index contributed by atoms with van der Waals surface area (Å²) in [6.45, 7) is 4.23. The summed E-state index contributed by atoms with van der Waals surface area (Å²) in [6, 6.07) is 8.88. The first-order valence-electron chi connectivity index (χ1n) is 8.13. The number of likely N-dealkylation sites (tertiary alicyclic amines) is 1. The van der Waals surface area contributed by atoms with E-state index in [0.29, 0.717) is 18.7 Å². The molecule has 1 aliphatic heterocycles. The van der Waals surface area contributed by atoms with E-state index in [-0.39, 0.29) is 18.2 Å². The Morgan fingerprint density at radius 3 is 2.71 bits per heavy atom. The van der Waals surface area contributed by atoms with Crippen LogP contribution in [-0.2, 0) is 16.0 Å². The van der Waals surface area contributed by atoms with Gasteiger partial charge in [-0.3, -0.25) is 9.59 Å². The molecule has 6 heteroatoms. The predicted octanol–water partition coefficient (Wildman–Crippen LogP) is 2.46. The molecule has 0 aliphatic carbocycles. The molecule has 0 radical (unpaired) electrons. The Balaban J connectivity index is 1.68. The van der Waals surface area contributed by atoms with Crippen LogP contribution in [-0.4, -0.2) is 34.5 Å². The maximum absolute atomic E-state index is 12.7. The Bertz CT molecular complexity index is 720. The summed E-state index contributed by atoms with van der Waals surface area (Å²) in [7, 11) is 0. The van der Waals surface area contributed by atoms with E-state index in [0.717, 1.165) is 23.4 Å². The lowest BCUT2D eigenvalue weighted by Crippen LogP contribution is -2.43. The predicted molar refractivity (Wildman–Crippen MR) is 89.5 cm³/mol. The second kappa shape index (κ2) is 6.86. The molecule has 1 fully saturated rings. The largest absolute Gasteiger partial charge is 0.361 e. The summed E-state index contributed by atoms with van der Waals surface area (Å²) in [5.74, 6) is 0.464. The highest BCUT2D eigenvalue weighted by atomic mass is 16.5. The molecular formula is C18H21N3O3. The van der Waals surface area contributed by atoms with Gasteiger partial charge >= 0.3 is 0 Å². The molecule has 1 atom stereocenters. The first-order chi connectivity index (χ1) is 11.6. The zero-order chi connectivity index (χ0) is 17.1. The minimum absolute atomic E-state index is 0.0601. The third-order valence-corrected chi connectivity index (χ3v) is 4.43. The van der Waals surface area contributed by atoms with E-state index in [1.807, 2.05) is 37.3 Å². The zero-order valence-electron chi connectivity index (χ0n) is 13.9. The molecule has 126 valence electrons. The van der Waals surface area contributed by atoms with Crippen LogP contribution in [0.25, 0.3) is 0 Å². The van der Waals surface area contributed by atoms with Crippen molar-refractivity contribution in [1.82, 2.24) is 10.1 Å². The third kappa shape index (κ3) is 3.32. The molecule has 1 aromatic carbocycles. The van der Waals surface area contributed by atoms with Gasteiger partial charge in [0.05, 0.1) is 12.1 Å². The Morgan fingerprint density at radius 2 is 2.04 bits per heavy atom. The molecule has 0 spiro atoms. The van der Waals surface area contributed by atoms with Crippen molar-refractivity contribution in [1.29, 1.82) is 0 Å². The van der Waals surface area contributed by atoms with Gasteiger partial charge in [-0.1, -0.05) is 23.4 Å². The van der Waals surface area contributed by atoms with Gasteiger partial charge in [0.25, 0.3) is 0 Å². The zero-order valence-corrected chi connectivity index (χ0v) is 13.9. The molecule has 2 aromatic rings. The molecule has 6 nitrogen and oxygen atoms in total. The number of anilines is 1. The van der Waals surface area contributed by atoms with E-state index in [1.165, 1.54) is 0 Å². The van der Waals surface area contributed by atoms with Gasteiger partial charge in [-0.15, -0.1) is 0 Å². The molecule has 0 bridgehead atoms. The van der Waals surface area contributed by atoms with Crippen LogP contribution in [0.2, 0.25) is 0 Å². The number of carbonyl (C=O) groups is 2. The number of rotatable bonds is 4. The van der Waals surface area contributed by atoms with Gasteiger partial charge in [0.15, 0.2) is 0 Å². The Kier molecular flexibility index (Phi) is 4.64. The van der Waals surface area contributed by atoms with Crippen molar-refractivity contribution >= 4 is 17.5 Å². The van der Waals surface area contributed by atoms with Crippen LogP contribution >= 0.6 is 0 Å². The fraction of sp³-hybridized carbons (Fsp3) is 0.389. The van der Waals surface area contributed by atoms with Crippen molar-refractivity contribution in [3.05, 3.63) is 47.3 Å². The topological polar surface area (TPSA) is 75.4 Å². The summed E-state index contributed by atoms with van der Waals surface area (Å²) in [4.78, 5) is 26.9.